The lowest BCUT2D eigenvalue weighted by Gasteiger charge is -2.60. The number of rotatable bonds is 8. The molecule has 0 amide bonds. The lowest BCUT2D eigenvalue weighted by molar-refractivity contribution is -0.391. The molecule has 1 unspecified atom stereocenters. The number of aliphatic carboxylic acids is 1. The van der Waals surface area contributed by atoms with Crippen molar-refractivity contribution in [1.82, 2.24) is 0 Å². The largest absolute Gasteiger partial charge is 0.481 e. The summed E-state index contributed by atoms with van der Waals surface area (Å²) >= 11 is 0. The van der Waals surface area contributed by atoms with Crippen molar-refractivity contribution in [2.45, 2.75) is 90.9 Å². The number of carbonyl (C=O) groups excluding carboxylic acids is 1. The summed E-state index contributed by atoms with van der Waals surface area (Å²) in [6.07, 6.45) is -25.8. The molecule has 0 saturated carbocycles. The zero-order valence-corrected chi connectivity index (χ0v) is 20.3. The molecule has 0 aromatic rings. The highest BCUT2D eigenvalue weighted by Crippen LogP contribution is 2.46. The molecule has 39 heavy (non-hydrogen) atoms. The van der Waals surface area contributed by atoms with Crippen molar-refractivity contribution in [3.05, 3.63) is 0 Å². The summed E-state index contributed by atoms with van der Waals surface area (Å²) in [4.78, 5) is 22.4. The Morgan fingerprint density at radius 3 is 1.79 bits per heavy atom. The van der Waals surface area contributed by atoms with Crippen molar-refractivity contribution >= 4 is 11.9 Å². The van der Waals surface area contributed by atoms with Gasteiger partial charge in [-0.3, -0.25) is 9.59 Å². The minimum Gasteiger partial charge on any atom is -0.481 e. The van der Waals surface area contributed by atoms with Gasteiger partial charge < -0.3 is 80.2 Å². The molecule has 18 heteroatoms. The van der Waals surface area contributed by atoms with E-state index in [-0.39, 0.29) is 0 Å². The highest BCUT2D eigenvalue weighted by molar-refractivity contribution is 5.90. The second-order valence-electron chi connectivity index (χ2n) is 9.80. The number of carboxylic acid groups (broad SMARTS) is 1. The van der Waals surface area contributed by atoms with Gasteiger partial charge in [-0.1, -0.05) is 0 Å². The molecule has 3 fully saturated rings. The number of aliphatic hydroxyl groups excluding tert-OH is 9. The smallest absolute Gasteiger partial charge is 0.317 e. The van der Waals surface area contributed by atoms with Crippen LogP contribution in [0.1, 0.15) is 6.42 Å². The summed E-state index contributed by atoms with van der Waals surface area (Å²) in [5, 5.41) is 125. The molecule has 18 nitrogen and oxygen atoms in total. The third-order valence-electron chi connectivity index (χ3n) is 7.41. The lowest BCUT2D eigenvalue weighted by atomic mass is 9.64. The van der Waals surface area contributed by atoms with E-state index >= 15 is 0 Å². The van der Waals surface area contributed by atoms with Gasteiger partial charge in [0.15, 0.2) is 11.2 Å². The van der Waals surface area contributed by atoms with E-state index in [1.165, 1.54) is 0 Å². The fourth-order valence-electron chi connectivity index (χ4n) is 5.16. The fourth-order valence-corrected chi connectivity index (χ4v) is 5.16. The SMILES string of the molecule is O=C(O)CC(=O)OC[C@@H]1OC([C@]2(O)[C@H](O)[C@@H](CO)OC[C@@]2(O)[C@@H]2O[C@H](CO)[C@@H](O)[C@H](O)[C@H]2O)[C@@H](O)[C@H](O)[C@H]1O. The Morgan fingerprint density at radius 2 is 1.26 bits per heavy atom. The predicted octanol–water partition coefficient (Wildman–Crippen LogP) is -8.09. The maximum atomic E-state index is 11.9. The number of hydrogen-bond acceptors (Lipinski definition) is 17. The Kier molecular flexibility index (Phi) is 9.89. The van der Waals surface area contributed by atoms with E-state index in [2.05, 4.69) is 0 Å². The summed E-state index contributed by atoms with van der Waals surface area (Å²) in [7, 11) is 0. The van der Waals surface area contributed by atoms with Crippen molar-refractivity contribution in [2.75, 3.05) is 26.4 Å². The van der Waals surface area contributed by atoms with Crippen molar-refractivity contribution in [3.63, 3.8) is 0 Å². The van der Waals surface area contributed by atoms with Crippen molar-refractivity contribution in [2.24, 2.45) is 0 Å². The summed E-state index contributed by atoms with van der Waals surface area (Å²) in [6, 6.07) is 0. The van der Waals surface area contributed by atoms with Crippen molar-refractivity contribution in [1.29, 1.82) is 0 Å². The Morgan fingerprint density at radius 1 is 0.744 bits per heavy atom. The van der Waals surface area contributed by atoms with Crippen LogP contribution in [0.2, 0.25) is 0 Å². The molecule has 0 aromatic carbocycles. The molecule has 3 aliphatic rings. The van der Waals surface area contributed by atoms with E-state index in [0.717, 1.165) is 0 Å². The Bertz CT molecular complexity index is 872. The molecule has 0 radical (unpaired) electrons. The molecule has 0 aromatic heterocycles. The van der Waals surface area contributed by atoms with E-state index in [4.69, 9.17) is 24.1 Å². The lowest BCUT2D eigenvalue weighted by Crippen LogP contribution is -2.85. The van der Waals surface area contributed by atoms with Crippen LogP contribution in [0.15, 0.2) is 0 Å². The molecule has 0 aliphatic carbocycles. The number of hydrogen-bond donors (Lipinski definition) is 12. The molecule has 0 spiro atoms. The first-order chi connectivity index (χ1) is 18.1. The zero-order chi connectivity index (χ0) is 29.4. The molecule has 12 N–H and O–H groups in total. The van der Waals surface area contributed by atoms with Gasteiger partial charge in [0, 0.05) is 0 Å². The van der Waals surface area contributed by atoms with Gasteiger partial charge in [-0.25, -0.2) is 0 Å². The minimum absolute atomic E-state index is 0.932. The second kappa shape index (κ2) is 12.1. The topological polar surface area (TPSA) is 314 Å². The third-order valence-corrected chi connectivity index (χ3v) is 7.41. The molecule has 3 saturated heterocycles. The number of carbonyl (C=O) groups is 2. The van der Waals surface area contributed by atoms with Crippen LogP contribution in [-0.2, 0) is 28.5 Å². The van der Waals surface area contributed by atoms with Gasteiger partial charge in [-0.15, -0.1) is 0 Å². The summed E-state index contributed by atoms with van der Waals surface area (Å²) in [6.45, 7) is -3.94. The Balaban J connectivity index is 2.03. The minimum atomic E-state index is -3.28. The van der Waals surface area contributed by atoms with E-state index in [9.17, 15) is 65.8 Å². The highest BCUT2D eigenvalue weighted by Gasteiger charge is 2.72. The standard InChI is InChI=1S/C21H34O18/c22-2-6-11(27)13(29)15(31)18(38-6)20(34)5-37-7(3-23)17(33)21(20,35)19-16(32)14(30)12(28)8(39-19)4-36-10(26)1-9(24)25/h6-8,11-19,22-23,27-35H,1-5H2,(H,24,25)/t6-,7-,8+,11-,12+,13+,14-,15-,16+,17-,18-,19?,20-,21-/m1/s1. The first-order valence-corrected chi connectivity index (χ1v) is 11.9. The Labute approximate surface area is 219 Å². The number of ether oxygens (including phenoxy) is 4. The van der Waals surface area contributed by atoms with E-state index in [0.29, 0.717) is 0 Å². The average molecular weight is 574 g/mol. The maximum Gasteiger partial charge on any atom is 0.317 e. The van der Waals surface area contributed by atoms with Crippen LogP contribution in [-0.4, -0.2) is 184 Å². The number of esters is 1. The molecule has 0 bridgehead atoms. The van der Waals surface area contributed by atoms with Crippen molar-refractivity contribution < 1.29 is 89.8 Å². The first-order valence-electron chi connectivity index (χ1n) is 11.9. The monoisotopic (exact) mass is 574 g/mol. The van der Waals surface area contributed by atoms with Crippen LogP contribution < -0.4 is 0 Å². The highest BCUT2D eigenvalue weighted by atomic mass is 16.6. The summed E-state index contributed by atoms with van der Waals surface area (Å²) in [5.74, 6) is -2.82. The van der Waals surface area contributed by atoms with Crippen molar-refractivity contribution in [3.8, 4) is 0 Å². The van der Waals surface area contributed by atoms with Crippen LogP contribution in [0.5, 0.6) is 0 Å². The zero-order valence-electron chi connectivity index (χ0n) is 20.3. The van der Waals surface area contributed by atoms with Gasteiger partial charge in [0.1, 0.15) is 86.3 Å². The van der Waals surface area contributed by atoms with Crippen LogP contribution in [0, 0.1) is 0 Å². The van der Waals surface area contributed by atoms with E-state index < -0.39 is 129 Å². The van der Waals surface area contributed by atoms with Gasteiger partial charge >= 0.3 is 11.9 Å². The molecule has 226 valence electrons. The second-order valence-corrected chi connectivity index (χ2v) is 9.80. The van der Waals surface area contributed by atoms with Gasteiger partial charge in [0.05, 0.1) is 19.8 Å². The first kappa shape index (κ1) is 31.9. The third kappa shape index (κ3) is 5.51. The maximum absolute atomic E-state index is 11.9. The average Bonchev–Trinajstić information content (AvgIpc) is 2.88. The molecular formula is C21H34O18. The van der Waals surface area contributed by atoms with Crippen LogP contribution in [0.4, 0.5) is 0 Å². The van der Waals surface area contributed by atoms with Crippen LogP contribution in [0.25, 0.3) is 0 Å². The quantitative estimate of drug-likeness (QED) is 0.0945. The van der Waals surface area contributed by atoms with Crippen LogP contribution >= 0.6 is 0 Å². The normalized spacial score (nSPS) is 48.9. The van der Waals surface area contributed by atoms with Crippen LogP contribution in [0.3, 0.4) is 0 Å². The van der Waals surface area contributed by atoms with Gasteiger partial charge in [-0.2, -0.15) is 0 Å². The van der Waals surface area contributed by atoms with Gasteiger partial charge in [0.2, 0.25) is 0 Å². The predicted molar refractivity (Wildman–Crippen MR) is 116 cm³/mol. The molecular weight excluding hydrogens is 540 g/mol. The molecule has 14 atom stereocenters. The summed E-state index contributed by atoms with van der Waals surface area (Å²) < 4.78 is 20.7. The van der Waals surface area contributed by atoms with E-state index in [1.54, 1.807) is 0 Å². The van der Waals surface area contributed by atoms with Gasteiger partial charge in [-0.05, 0) is 0 Å². The number of carboxylic acids is 1. The fraction of sp³-hybridized carbons (Fsp3) is 0.905. The van der Waals surface area contributed by atoms with E-state index in [1.807, 2.05) is 0 Å². The number of aliphatic hydroxyl groups is 11. The summed E-state index contributed by atoms with van der Waals surface area (Å²) in [5.41, 5.74) is -6.37. The molecule has 3 heterocycles. The molecule has 3 aliphatic heterocycles. The molecule has 3 rings (SSSR count). The Hall–Kier alpha value is -1.62. The van der Waals surface area contributed by atoms with Gasteiger partial charge in [0.25, 0.3) is 0 Å².